The van der Waals surface area contributed by atoms with Crippen LogP contribution in [0.2, 0.25) is 0 Å². The summed E-state index contributed by atoms with van der Waals surface area (Å²) in [6.45, 7) is 2.99. The van der Waals surface area contributed by atoms with E-state index >= 15 is 0 Å². The lowest BCUT2D eigenvalue weighted by Crippen LogP contribution is -2.49. The number of hydrogen-bond acceptors (Lipinski definition) is 5. The number of rotatable bonds is 8. The minimum atomic E-state index is -0.491. The summed E-state index contributed by atoms with van der Waals surface area (Å²) in [5.41, 5.74) is 0. The average Bonchev–Trinajstić information content (AvgIpc) is 3.14. The number of unbranched alkanes of at least 4 members (excludes halogenated alkanes) is 2. The van der Waals surface area contributed by atoms with E-state index in [2.05, 4.69) is 35.0 Å². The van der Waals surface area contributed by atoms with Crippen LogP contribution in [-0.2, 0) is 4.79 Å². The van der Waals surface area contributed by atoms with Crippen molar-refractivity contribution in [3.05, 3.63) is 0 Å². The number of likely N-dealkylation sites (tertiary alicyclic amines) is 1. The predicted octanol–water partition coefficient (Wildman–Crippen LogP) is 1.78. The predicted molar refractivity (Wildman–Crippen MR) is 105 cm³/mol. The molecule has 0 spiro atoms. The van der Waals surface area contributed by atoms with Crippen LogP contribution >= 0.6 is 0 Å². The van der Waals surface area contributed by atoms with Crippen molar-refractivity contribution < 1.29 is 9.59 Å². The van der Waals surface area contributed by atoms with Gasteiger partial charge < -0.3 is 20.9 Å². The largest absolute Gasteiger partial charge is 0.338 e. The quantitative estimate of drug-likeness (QED) is 0.547. The molecular formula is C20H32N6O2. The van der Waals surface area contributed by atoms with Gasteiger partial charge in [0, 0.05) is 18.6 Å². The zero-order chi connectivity index (χ0) is 20.4. The number of nitrogens with one attached hydrogen (secondary N) is 3. The van der Waals surface area contributed by atoms with Crippen molar-refractivity contribution in [2.24, 2.45) is 0 Å². The number of amides is 3. The third-order valence-corrected chi connectivity index (χ3v) is 5.64. The fourth-order valence-corrected chi connectivity index (χ4v) is 3.99. The van der Waals surface area contributed by atoms with Crippen LogP contribution in [0.15, 0.2) is 0 Å². The molecular weight excluding hydrogens is 356 g/mol. The highest BCUT2D eigenvalue weighted by molar-refractivity contribution is 5.80. The van der Waals surface area contributed by atoms with Gasteiger partial charge in [-0.15, -0.1) is 0 Å². The summed E-state index contributed by atoms with van der Waals surface area (Å²) < 4.78 is 0. The van der Waals surface area contributed by atoms with E-state index in [1.54, 1.807) is 0 Å². The van der Waals surface area contributed by atoms with E-state index in [1.165, 1.54) is 4.90 Å². The molecule has 3 N–H and O–H groups in total. The number of urea groups is 1. The molecule has 2 aliphatic rings. The van der Waals surface area contributed by atoms with E-state index in [0.29, 0.717) is 19.4 Å². The first-order valence-electron chi connectivity index (χ1n) is 10.5. The van der Waals surface area contributed by atoms with E-state index < -0.39 is 12.1 Å². The van der Waals surface area contributed by atoms with Crippen LogP contribution in [0.4, 0.5) is 4.79 Å². The highest BCUT2D eigenvalue weighted by atomic mass is 16.2. The molecule has 2 rings (SSSR count). The van der Waals surface area contributed by atoms with Gasteiger partial charge in [0.15, 0.2) is 0 Å². The summed E-state index contributed by atoms with van der Waals surface area (Å²) in [4.78, 5) is 25.8. The molecule has 154 valence electrons. The average molecular weight is 389 g/mol. The van der Waals surface area contributed by atoms with Gasteiger partial charge in [-0.3, -0.25) is 4.79 Å². The van der Waals surface area contributed by atoms with Gasteiger partial charge in [-0.2, -0.15) is 10.5 Å². The maximum Gasteiger partial charge on any atom is 0.315 e. The van der Waals surface area contributed by atoms with Gasteiger partial charge in [-0.05, 0) is 44.9 Å². The number of hydrogen-bond donors (Lipinski definition) is 3. The molecule has 0 radical (unpaired) electrons. The highest BCUT2D eigenvalue weighted by Gasteiger charge is 2.37. The first kappa shape index (κ1) is 22.0. The first-order chi connectivity index (χ1) is 13.6. The molecule has 8 heteroatoms. The molecule has 1 aliphatic heterocycles. The van der Waals surface area contributed by atoms with E-state index in [4.69, 9.17) is 0 Å². The van der Waals surface area contributed by atoms with Crippen molar-refractivity contribution in [2.75, 3.05) is 13.1 Å². The van der Waals surface area contributed by atoms with Crippen LogP contribution in [0.1, 0.15) is 64.7 Å². The van der Waals surface area contributed by atoms with Crippen LogP contribution < -0.4 is 16.0 Å². The minimum Gasteiger partial charge on any atom is -0.338 e. The lowest BCUT2D eigenvalue weighted by molar-refractivity contribution is -0.131. The van der Waals surface area contributed by atoms with E-state index in [9.17, 15) is 20.1 Å². The van der Waals surface area contributed by atoms with Gasteiger partial charge in [0.2, 0.25) is 5.91 Å². The molecule has 28 heavy (non-hydrogen) atoms. The third-order valence-electron chi connectivity index (χ3n) is 5.64. The summed E-state index contributed by atoms with van der Waals surface area (Å²) in [5.74, 6) is -0.178. The van der Waals surface area contributed by atoms with Gasteiger partial charge in [-0.25, -0.2) is 4.79 Å². The second-order valence-electron chi connectivity index (χ2n) is 7.70. The first-order valence-corrected chi connectivity index (χ1v) is 10.5. The lowest BCUT2D eigenvalue weighted by atomic mass is 9.91. The Morgan fingerprint density at radius 1 is 0.964 bits per heavy atom. The van der Waals surface area contributed by atoms with E-state index in [1.807, 2.05) is 0 Å². The zero-order valence-electron chi connectivity index (χ0n) is 16.7. The van der Waals surface area contributed by atoms with Crippen LogP contribution in [-0.4, -0.2) is 54.1 Å². The Hall–Kier alpha value is -2.32. The Kier molecular flexibility index (Phi) is 9.03. The summed E-state index contributed by atoms with van der Waals surface area (Å²) in [6.07, 6.45) is 7.92. The molecule has 1 aliphatic carbocycles. The molecule has 0 aromatic heterocycles. The van der Waals surface area contributed by atoms with Crippen LogP contribution in [0, 0.1) is 22.7 Å². The maximum atomic E-state index is 12.5. The monoisotopic (exact) mass is 388 g/mol. The van der Waals surface area contributed by atoms with Crippen LogP contribution in [0.25, 0.3) is 0 Å². The summed E-state index contributed by atoms with van der Waals surface area (Å²) in [7, 11) is 0. The summed E-state index contributed by atoms with van der Waals surface area (Å²) >= 11 is 0. The second kappa shape index (κ2) is 11.5. The summed E-state index contributed by atoms with van der Waals surface area (Å²) in [5, 5.41) is 27.6. The lowest BCUT2D eigenvalue weighted by Gasteiger charge is -2.30. The van der Waals surface area contributed by atoms with Crippen molar-refractivity contribution in [2.45, 2.75) is 88.9 Å². The van der Waals surface area contributed by atoms with Crippen molar-refractivity contribution >= 4 is 11.9 Å². The fourth-order valence-electron chi connectivity index (χ4n) is 3.99. The Morgan fingerprint density at radius 2 is 1.57 bits per heavy atom. The van der Waals surface area contributed by atoms with Gasteiger partial charge in [0.25, 0.3) is 0 Å². The van der Waals surface area contributed by atoms with Gasteiger partial charge >= 0.3 is 6.03 Å². The molecule has 2 fully saturated rings. The van der Waals surface area contributed by atoms with Gasteiger partial charge in [0.05, 0.1) is 18.7 Å². The maximum absolute atomic E-state index is 12.5. The molecule has 0 aromatic rings. The third kappa shape index (κ3) is 6.38. The Balaban J connectivity index is 1.66. The Bertz CT molecular complexity index is 581. The fraction of sp³-hybridized carbons (Fsp3) is 0.800. The Labute approximate surface area is 167 Å². The van der Waals surface area contributed by atoms with E-state index in [-0.39, 0.29) is 30.6 Å². The molecule has 0 aromatic carbocycles. The van der Waals surface area contributed by atoms with Gasteiger partial charge in [0.1, 0.15) is 12.1 Å². The standard InChI is InChI=1S/C20H32N6O2/c1-2-3-4-11-23-20(28)25-16-7-5-15(6-8-16)24-14-19(27)26-17(12-21)9-10-18(26)13-22/h15-18,24H,2-11,14H2,1H3,(H2,23,25,28)/t15?,16?,17-,18+. The SMILES string of the molecule is CCCCCNC(=O)NC1CCC(NCC(=O)N2[C@H](C#N)CC[C@@H]2C#N)CC1. The molecule has 1 heterocycles. The summed E-state index contributed by atoms with van der Waals surface area (Å²) in [6, 6.07) is 3.56. The molecule has 2 atom stereocenters. The molecule has 3 amide bonds. The topological polar surface area (TPSA) is 121 Å². The molecule has 8 nitrogen and oxygen atoms in total. The van der Waals surface area contributed by atoms with Crippen molar-refractivity contribution in [3.8, 4) is 12.1 Å². The smallest absolute Gasteiger partial charge is 0.315 e. The minimum absolute atomic E-state index is 0.0955. The van der Waals surface area contributed by atoms with Crippen LogP contribution in [0.5, 0.6) is 0 Å². The molecule has 0 unspecified atom stereocenters. The zero-order valence-corrected chi connectivity index (χ0v) is 16.7. The molecule has 1 saturated heterocycles. The molecule has 0 bridgehead atoms. The van der Waals surface area contributed by atoms with Crippen molar-refractivity contribution in [1.82, 2.24) is 20.9 Å². The number of nitrogens with zero attached hydrogens (tertiary/aromatic N) is 3. The highest BCUT2D eigenvalue weighted by Crippen LogP contribution is 2.24. The number of carbonyl (C=O) groups excluding carboxylic acids is 2. The van der Waals surface area contributed by atoms with E-state index in [0.717, 1.165) is 44.9 Å². The van der Waals surface area contributed by atoms with Crippen molar-refractivity contribution in [1.29, 1.82) is 10.5 Å². The number of nitriles is 2. The van der Waals surface area contributed by atoms with Gasteiger partial charge in [-0.1, -0.05) is 19.8 Å². The Morgan fingerprint density at radius 3 is 2.14 bits per heavy atom. The second-order valence-corrected chi connectivity index (χ2v) is 7.70. The number of carbonyl (C=O) groups is 2. The molecule has 1 saturated carbocycles. The van der Waals surface area contributed by atoms with Crippen LogP contribution in [0.3, 0.4) is 0 Å². The van der Waals surface area contributed by atoms with Crippen molar-refractivity contribution in [3.63, 3.8) is 0 Å². The normalized spacial score (nSPS) is 26.9.